The Morgan fingerprint density at radius 2 is 1.86 bits per heavy atom. The standard InChI is InChI=1S/C16H19BrN2O2/c1-12(13-6-8-18-9-7-13)19-10-15(20)11-21-16-4-2-14(17)3-5-16/h2-9,12,15,19-20H,10-11H2,1H3. The summed E-state index contributed by atoms with van der Waals surface area (Å²) in [6.45, 7) is 2.79. The molecule has 0 saturated heterocycles. The molecule has 5 heteroatoms. The second-order valence-electron chi connectivity index (χ2n) is 4.83. The first-order valence-electron chi connectivity index (χ1n) is 6.85. The summed E-state index contributed by atoms with van der Waals surface area (Å²) in [7, 11) is 0. The molecule has 0 amide bonds. The molecule has 2 N–H and O–H groups in total. The highest BCUT2D eigenvalue weighted by molar-refractivity contribution is 9.10. The van der Waals surface area contributed by atoms with Crippen molar-refractivity contribution in [1.82, 2.24) is 10.3 Å². The lowest BCUT2D eigenvalue weighted by Gasteiger charge is -2.17. The zero-order chi connectivity index (χ0) is 15.1. The molecule has 0 saturated carbocycles. The number of benzene rings is 1. The van der Waals surface area contributed by atoms with Crippen LogP contribution in [0.3, 0.4) is 0 Å². The van der Waals surface area contributed by atoms with Gasteiger partial charge in [-0.2, -0.15) is 0 Å². The highest BCUT2D eigenvalue weighted by Gasteiger charge is 2.09. The van der Waals surface area contributed by atoms with Gasteiger partial charge in [-0.25, -0.2) is 0 Å². The summed E-state index contributed by atoms with van der Waals surface area (Å²) in [6, 6.07) is 11.6. The summed E-state index contributed by atoms with van der Waals surface area (Å²) in [5.41, 5.74) is 1.14. The molecule has 1 heterocycles. The first-order valence-corrected chi connectivity index (χ1v) is 7.64. The number of hydrogen-bond donors (Lipinski definition) is 2. The molecule has 0 fully saturated rings. The van der Waals surface area contributed by atoms with Crippen molar-refractivity contribution in [3.63, 3.8) is 0 Å². The summed E-state index contributed by atoms with van der Waals surface area (Å²) in [4.78, 5) is 3.99. The molecule has 2 rings (SSSR count). The number of pyridine rings is 1. The lowest BCUT2D eigenvalue weighted by molar-refractivity contribution is 0.104. The average Bonchev–Trinajstić information content (AvgIpc) is 2.53. The largest absolute Gasteiger partial charge is 0.491 e. The van der Waals surface area contributed by atoms with Crippen molar-refractivity contribution in [2.75, 3.05) is 13.2 Å². The summed E-state index contributed by atoms with van der Waals surface area (Å²) in [6.07, 6.45) is 2.97. The number of rotatable bonds is 7. The van der Waals surface area contributed by atoms with Crippen LogP contribution in [0.4, 0.5) is 0 Å². The fourth-order valence-corrected chi connectivity index (χ4v) is 2.13. The number of aromatic nitrogens is 1. The van der Waals surface area contributed by atoms with Gasteiger partial charge in [0.05, 0.1) is 0 Å². The Morgan fingerprint density at radius 3 is 2.52 bits per heavy atom. The first kappa shape index (κ1) is 15.9. The van der Waals surface area contributed by atoms with E-state index in [1.54, 1.807) is 12.4 Å². The SMILES string of the molecule is CC(NCC(O)COc1ccc(Br)cc1)c1ccncc1. The molecule has 1 aromatic heterocycles. The topological polar surface area (TPSA) is 54.4 Å². The Morgan fingerprint density at radius 1 is 1.19 bits per heavy atom. The number of nitrogens with one attached hydrogen (secondary N) is 1. The summed E-state index contributed by atoms with van der Waals surface area (Å²) >= 11 is 3.37. The minimum absolute atomic E-state index is 0.162. The molecule has 21 heavy (non-hydrogen) atoms. The van der Waals surface area contributed by atoms with Crippen molar-refractivity contribution < 1.29 is 9.84 Å². The van der Waals surface area contributed by atoms with Crippen LogP contribution in [-0.2, 0) is 0 Å². The third kappa shape index (κ3) is 5.46. The van der Waals surface area contributed by atoms with E-state index < -0.39 is 6.10 Å². The van der Waals surface area contributed by atoms with Crippen LogP contribution in [0.15, 0.2) is 53.3 Å². The van der Waals surface area contributed by atoms with Crippen LogP contribution >= 0.6 is 15.9 Å². The Labute approximate surface area is 133 Å². The van der Waals surface area contributed by atoms with Gasteiger partial charge in [-0.05, 0) is 48.9 Å². The van der Waals surface area contributed by atoms with E-state index in [9.17, 15) is 5.11 Å². The van der Waals surface area contributed by atoms with Crippen LogP contribution in [0.25, 0.3) is 0 Å². The van der Waals surface area contributed by atoms with Gasteiger partial charge in [0, 0.05) is 29.5 Å². The fourth-order valence-electron chi connectivity index (χ4n) is 1.86. The molecule has 2 aromatic rings. The zero-order valence-corrected chi connectivity index (χ0v) is 13.5. The average molecular weight is 351 g/mol. The number of halogens is 1. The van der Waals surface area contributed by atoms with Crippen LogP contribution in [0, 0.1) is 0 Å². The molecule has 1 aromatic carbocycles. The number of nitrogens with zero attached hydrogens (tertiary/aromatic N) is 1. The van der Waals surface area contributed by atoms with E-state index in [-0.39, 0.29) is 12.6 Å². The predicted molar refractivity (Wildman–Crippen MR) is 86.3 cm³/mol. The van der Waals surface area contributed by atoms with Gasteiger partial charge in [0.1, 0.15) is 18.5 Å². The maximum atomic E-state index is 9.95. The molecule has 0 radical (unpaired) electrons. The van der Waals surface area contributed by atoms with E-state index >= 15 is 0 Å². The van der Waals surface area contributed by atoms with E-state index in [0.29, 0.717) is 6.54 Å². The Balaban J connectivity index is 1.72. The highest BCUT2D eigenvalue weighted by atomic mass is 79.9. The quantitative estimate of drug-likeness (QED) is 0.805. The van der Waals surface area contributed by atoms with Gasteiger partial charge in [-0.15, -0.1) is 0 Å². The van der Waals surface area contributed by atoms with Crippen molar-refractivity contribution in [1.29, 1.82) is 0 Å². The third-order valence-corrected chi connectivity index (χ3v) is 3.65. The number of ether oxygens (including phenoxy) is 1. The van der Waals surface area contributed by atoms with Gasteiger partial charge in [0.15, 0.2) is 0 Å². The Bertz CT molecular complexity index is 534. The van der Waals surface area contributed by atoms with E-state index in [4.69, 9.17) is 4.74 Å². The number of hydrogen-bond acceptors (Lipinski definition) is 4. The summed E-state index contributed by atoms with van der Waals surface area (Å²) in [5, 5.41) is 13.2. The smallest absolute Gasteiger partial charge is 0.119 e. The fraction of sp³-hybridized carbons (Fsp3) is 0.312. The molecular formula is C16H19BrN2O2. The molecule has 0 aliphatic heterocycles. The molecular weight excluding hydrogens is 332 g/mol. The minimum Gasteiger partial charge on any atom is -0.491 e. The Kier molecular flexibility index (Phi) is 6.17. The van der Waals surface area contributed by atoms with Crippen molar-refractivity contribution in [2.45, 2.75) is 19.1 Å². The lowest BCUT2D eigenvalue weighted by Crippen LogP contribution is -2.33. The zero-order valence-electron chi connectivity index (χ0n) is 11.9. The van der Waals surface area contributed by atoms with E-state index in [1.165, 1.54) is 0 Å². The monoisotopic (exact) mass is 350 g/mol. The molecule has 2 unspecified atom stereocenters. The molecule has 0 aliphatic carbocycles. The number of aliphatic hydroxyl groups excluding tert-OH is 1. The van der Waals surface area contributed by atoms with E-state index in [1.807, 2.05) is 36.4 Å². The van der Waals surface area contributed by atoms with Crippen LogP contribution in [-0.4, -0.2) is 29.3 Å². The summed E-state index contributed by atoms with van der Waals surface area (Å²) in [5.74, 6) is 0.749. The third-order valence-electron chi connectivity index (χ3n) is 3.12. The van der Waals surface area contributed by atoms with Crippen molar-refractivity contribution >= 4 is 15.9 Å². The van der Waals surface area contributed by atoms with Crippen molar-refractivity contribution in [3.8, 4) is 5.75 Å². The first-order chi connectivity index (χ1) is 10.1. The lowest BCUT2D eigenvalue weighted by atomic mass is 10.1. The minimum atomic E-state index is -0.557. The van der Waals surface area contributed by atoms with Crippen LogP contribution in [0.2, 0.25) is 0 Å². The van der Waals surface area contributed by atoms with Gasteiger partial charge in [-0.1, -0.05) is 15.9 Å². The van der Waals surface area contributed by atoms with Crippen LogP contribution in [0.5, 0.6) is 5.75 Å². The molecule has 4 nitrogen and oxygen atoms in total. The molecule has 0 bridgehead atoms. The molecule has 0 spiro atoms. The molecule has 112 valence electrons. The van der Waals surface area contributed by atoms with Gasteiger partial charge >= 0.3 is 0 Å². The van der Waals surface area contributed by atoms with Crippen molar-refractivity contribution in [2.24, 2.45) is 0 Å². The van der Waals surface area contributed by atoms with Crippen LogP contribution in [0.1, 0.15) is 18.5 Å². The highest BCUT2D eigenvalue weighted by Crippen LogP contribution is 2.16. The van der Waals surface area contributed by atoms with Gasteiger partial charge < -0.3 is 15.2 Å². The van der Waals surface area contributed by atoms with Gasteiger partial charge in [0.25, 0.3) is 0 Å². The van der Waals surface area contributed by atoms with Gasteiger partial charge in [0.2, 0.25) is 0 Å². The maximum Gasteiger partial charge on any atom is 0.119 e. The maximum absolute atomic E-state index is 9.95. The summed E-state index contributed by atoms with van der Waals surface area (Å²) < 4.78 is 6.54. The van der Waals surface area contributed by atoms with E-state index in [0.717, 1.165) is 15.8 Å². The number of aliphatic hydroxyl groups is 1. The molecule has 0 aliphatic rings. The second kappa shape index (κ2) is 8.12. The van der Waals surface area contributed by atoms with E-state index in [2.05, 4.69) is 33.2 Å². The molecule has 2 atom stereocenters. The normalized spacial score (nSPS) is 13.7. The Hall–Kier alpha value is -1.43. The van der Waals surface area contributed by atoms with Gasteiger partial charge in [-0.3, -0.25) is 4.98 Å². The van der Waals surface area contributed by atoms with Crippen molar-refractivity contribution in [3.05, 3.63) is 58.8 Å². The predicted octanol–water partition coefficient (Wildman–Crippen LogP) is 2.93. The van der Waals surface area contributed by atoms with Crippen LogP contribution < -0.4 is 10.1 Å². The second-order valence-corrected chi connectivity index (χ2v) is 5.74.